The molecule has 0 radical (unpaired) electrons. The van der Waals surface area contributed by atoms with Crippen LogP contribution in [0.2, 0.25) is 0 Å². The zero-order valence-corrected chi connectivity index (χ0v) is 11.8. The predicted molar refractivity (Wildman–Crippen MR) is 64.7 cm³/mol. The monoisotopic (exact) mass is 356 g/mol. The molecule has 3 nitrogen and oxygen atoms in total. The first kappa shape index (κ1) is 16.6. The second-order valence-electron chi connectivity index (χ2n) is 3.69. The van der Waals surface area contributed by atoms with E-state index in [0.717, 1.165) is 12.1 Å². The molecular weight excluding hydrogens is 348 g/mol. The molecule has 1 rings (SSSR count). The maximum Gasteiger partial charge on any atom is 0.420 e. The van der Waals surface area contributed by atoms with Gasteiger partial charge in [0.05, 0.1) is 12.2 Å². The Morgan fingerprint density at radius 1 is 1.30 bits per heavy atom. The van der Waals surface area contributed by atoms with Crippen LogP contribution in [0.15, 0.2) is 16.6 Å². The average Bonchev–Trinajstić information content (AvgIpc) is 2.26. The fraction of sp³-hybridized carbons (Fsp3) is 0.333. The molecule has 1 aromatic carbocycles. The van der Waals surface area contributed by atoms with E-state index in [9.17, 15) is 27.2 Å². The summed E-state index contributed by atoms with van der Waals surface area (Å²) in [6.07, 6.45) is -5.77. The van der Waals surface area contributed by atoms with Crippen LogP contribution >= 0.6 is 15.9 Å². The Hall–Kier alpha value is -1.44. The third-order valence-corrected chi connectivity index (χ3v) is 2.95. The number of carbonyl (C=O) groups is 2. The molecule has 0 aliphatic rings. The lowest BCUT2D eigenvalue weighted by molar-refractivity contribution is -0.142. The van der Waals surface area contributed by atoms with Gasteiger partial charge in [0.1, 0.15) is 17.8 Å². The van der Waals surface area contributed by atoms with E-state index in [0.29, 0.717) is 0 Å². The molecule has 0 unspecified atom stereocenters. The summed E-state index contributed by atoms with van der Waals surface area (Å²) >= 11 is 2.58. The first-order valence-electron chi connectivity index (χ1n) is 5.42. The number of carbonyl (C=O) groups excluding carboxylic acids is 2. The van der Waals surface area contributed by atoms with Gasteiger partial charge in [0.25, 0.3) is 0 Å². The number of ketones is 1. The molecule has 1 aromatic rings. The van der Waals surface area contributed by atoms with Gasteiger partial charge in [-0.15, -0.1) is 0 Å². The minimum atomic E-state index is -4.96. The first-order valence-corrected chi connectivity index (χ1v) is 6.21. The minimum absolute atomic E-state index is 0.0166. The van der Waals surface area contributed by atoms with Crippen molar-refractivity contribution in [2.45, 2.75) is 19.5 Å². The van der Waals surface area contributed by atoms with Crippen molar-refractivity contribution in [2.24, 2.45) is 0 Å². The van der Waals surface area contributed by atoms with Crippen LogP contribution in [0.3, 0.4) is 0 Å². The largest absolute Gasteiger partial charge is 0.466 e. The van der Waals surface area contributed by atoms with Crippen molar-refractivity contribution < 1.29 is 31.9 Å². The van der Waals surface area contributed by atoms with E-state index < -0.39 is 45.8 Å². The molecule has 20 heavy (non-hydrogen) atoms. The normalized spacial score (nSPS) is 11.3. The molecule has 0 atom stereocenters. The Bertz CT molecular complexity index is 540. The van der Waals surface area contributed by atoms with Gasteiger partial charge >= 0.3 is 12.1 Å². The van der Waals surface area contributed by atoms with Crippen molar-refractivity contribution in [2.75, 3.05) is 6.61 Å². The summed E-state index contributed by atoms with van der Waals surface area (Å²) in [6.45, 7) is 1.52. The molecular formula is C12H9BrF4O3. The Kier molecular flexibility index (Phi) is 5.27. The number of alkyl halides is 3. The highest BCUT2D eigenvalue weighted by molar-refractivity contribution is 9.10. The van der Waals surface area contributed by atoms with Crippen LogP contribution in [-0.4, -0.2) is 18.4 Å². The van der Waals surface area contributed by atoms with Gasteiger partial charge in [-0.3, -0.25) is 9.59 Å². The van der Waals surface area contributed by atoms with Crippen LogP contribution in [0, 0.1) is 5.82 Å². The molecule has 0 spiro atoms. The van der Waals surface area contributed by atoms with Crippen LogP contribution in [-0.2, 0) is 15.7 Å². The summed E-state index contributed by atoms with van der Waals surface area (Å²) in [5, 5.41) is 0. The van der Waals surface area contributed by atoms with Crippen molar-refractivity contribution in [3.05, 3.63) is 33.5 Å². The van der Waals surface area contributed by atoms with Crippen molar-refractivity contribution in [1.29, 1.82) is 0 Å². The topological polar surface area (TPSA) is 43.4 Å². The molecule has 0 aromatic heterocycles. The second kappa shape index (κ2) is 6.34. The highest BCUT2D eigenvalue weighted by atomic mass is 79.9. The lowest BCUT2D eigenvalue weighted by atomic mass is 10.0. The van der Waals surface area contributed by atoms with Gasteiger partial charge in [-0.25, -0.2) is 4.39 Å². The summed E-state index contributed by atoms with van der Waals surface area (Å²) in [4.78, 5) is 22.7. The molecule has 0 aliphatic carbocycles. The van der Waals surface area contributed by atoms with Crippen molar-refractivity contribution in [3.8, 4) is 0 Å². The average molecular weight is 357 g/mol. The maximum absolute atomic E-state index is 13.8. The quantitative estimate of drug-likeness (QED) is 0.357. The lowest BCUT2D eigenvalue weighted by Crippen LogP contribution is -2.16. The van der Waals surface area contributed by atoms with Crippen molar-refractivity contribution in [3.63, 3.8) is 0 Å². The van der Waals surface area contributed by atoms with E-state index in [1.807, 2.05) is 0 Å². The number of hydrogen-bond donors (Lipinski definition) is 0. The highest BCUT2D eigenvalue weighted by Gasteiger charge is 2.38. The molecule has 0 saturated carbocycles. The highest BCUT2D eigenvalue weighted by Crippen LogP contribution is 2.38. The van der Waals surface area contributed by atoms with Gasteiger partial charge in [-0.05, 0) is 19.1 Å². The van der Waals surface area contributed by atoms with Crippen LogP contribution < -0.4 is 0 Å². The van der Waals surface area contributed by atoms with Gasteiger partial charge < -0.3 is 4.74 Å². The first-order chi connectivity index (χ1) is 9.18. The fourth-order valence-electron chi connectivity index (χ4n) is 1.47. The number of rotatable bonds is 4. The third-order valence-electron chi connectivity index (χ3n) is 2.29. The number of hydrogen-bond acceptors (Lipinski definition) is 3. The van der Waals surface area contributed by atoms with Gasteiger partial charge in [0.15, 0.2) is 5.78 Å². The molecule has 0 bridgehead atoms. The summed E-state index contributed by atoms with van der Waals surface area (Å²) in [7, 11) is 0. The van der Waals surface area contributed by atoms with E-state index in [4.69, 9.17) is 0 Å². The summed E-state index contributed by atoms with van der Waals surface area (Å²) in [5.41, 5.74) is -2.37. The Morgan fingerprint density at radius 2 is 1.90 bits per heavy atom. The van der Waals surface area contributed by atoms with Gasteiger partial charge in [0.2, 0.25) is 0 Å². The molecule has 0 amide bonds. The molecule has 8 heteroatoms. The zero-order chi connectivity index (χ0) is 15.5. The smallest absolute Gasteiger partial charge is 0.420 e. The summed E-state index contributed by atoms with van der Waals surface area (Å²) < 4.78 is 55.7. The van der Waals surface area contributed by atoms with Crippen LogP contribution in [0.4, 0.5) is 17.6 Å². The van der Waals surface area contributed by atoms with Crippen molar-refractivity contribution >= 4 is 27.7 Å². The lowest BCUT2D eigenvalue weighted by Gasteiger charge is -2.12. The maximum atomic E-state index is 13.8. The Morgan fingerprint density at radius 3 is 2.40 bits per heavy atom. The predicted octanol–water partition coefficient (Wildman–Crippen LogP) is 3.74. The zero-order valence-electron chi connectivity index (χ0n) is 10.2. The van der Waals surface area contributed by atoms with E-state index in [1.54, 1.807) is 0 Å². The van der Waals surface area contributed by atoms with E-state index in [1.165, 1.54) is 6.92 Å². The number of benzene rings is 1. The number of halogens is 5. The third kappa shape index (κ3) is 3.78. The molecule has 0 fully saturated rings. The van der Waals surface area contributed by atoms with Crippen molar-refractivity contribution in [1.82, 2.24) is 0 Å². The van der Waals surface area contributed by atoms with Crippen LogP contribution in [0.25, 0.3) is 0 Å². The fourth-order valence-corrected chi connectivity index (χ4v) is 2.00. The van der Waals surface area contributed by atoms with Gasteiger partial charge in [-0.1, -0.05) is 15.9 Å². The van der Waals surface area contributed by atoms with Gasteiger partial charge in [0, 0.05) is 4.47 Å². The summed E-state index contributed by atoms with van der Waals surface area (Å²) in [6, 6.07) is 1.79. The molecule has 0 N–H and O–H groups in total. The second-order valence-corrected chi connectivity index (χ2v) is 4.54. The molecule has 0 aliphatic heterocycles. The van der Waals surface area contributed by atoms with E-state index in [2.05, 4.69) is 20.7 Å². The molecule has 0 heterocycles. The Balaban J connectivity index is 3.15. The number of Topliss-reactive ketones (excluding diaryl/α,β-unsaturated/α-hetero) is 1. The van der Waals surface area contributed by atoms with Gasteiger partial charge in [-0.2, -0.15) is 13.2 Å². The van der Waals surface area contributed by atoms with E-state index >= 15 is 0 Å². The van der Waals surface area contributed by atoms with Crippen LogP contribution in [0.5, 0.6) is 0 Å². The minimum Gasteiger partial charge on any atom is -0.466 e. The number of esters is 1. The SMILES string of the molecule is CCOC(=O)CC(=O)c1ccc(Br)c(C(F)(F)F)c1F. The Labute approximate surface area is 120 Å². The van der Waals surface area contributed by atoms with E-state index in [-0.39, 0.29) is 6.61 Å². The number of ether oxygens (including phenoxy) is 1. The van der Waals surface area contributed by atoms with Crippen LogP contribution in [0.1, 0.15) is 29.3 Å². The summed E-state index contributed by atoms with van der Waals surface area (Å²) in [5.74, 6) is -3.70. The molecule has 110 valence electrons. The standard InChI is InChI=1S/C12H9BrF4O3/c1-2-20-9(19)5-8(18)6-3-4-7(13)10(11(6)14)12(15,16)17/h3-4H,2,5H2,1H3. The molecule has 0 saturated heterocycles.